The first-order chi connectivity index (χ1) is 31.7. The van der Waals surface area contributed by atoms with E-state index in [1.54, 1.807) is 99.6 Å². The van der Waals surface area contributed by atoms with Gasteiger partial charge in [-0.3, -0.25) is 24.0 Å². The van der Waals surface area contributed by atoms with Crippen LogP contribution in [0.15, 0.2) is 78.9 Å². The number of esters is 1. The van der Waals surface area contributed by atoms with Crippen molar-refractivity contribution < 1.29 is 57.6 Å². The van der Waals surface area contributed by atoms with Crippen LogP contribution in [0.2, 0.25) is 0 Å². The number of aliphatic carboxylic acids is 1. The minimum absolute atomic E-state index is 0.0420. The van der Waals surface area contributed by atoms with Crippen LogP contribution in [0.5, 0.6) is 0 Å². The van der Waals surface area contributed by atoms with Gasteiger partial charge in [0.15, 0.2) is 6.04 Å². The Bertz CT molecular complexity index is 2200. The SMILES string of the molecule is C[C@@H](OC(C)(C)C)[C@H](NC(=O)[C@H](Cc1ccccc1)NC(=O)[C@@H](NC(=O)CNC(=O)[C@H](CCC(=O)OC(C)(C)C)NC(=O)OCC1c2ccccc2-c2ccccc21)[C@@H](C)OC(C)(C)C)C(=O)O. The Morgan fingerprint density at radius 1 is 0.603 bits per heavy atom. The van der Waals surface area contributed by atoms with Crippen molar-refractivity contribution in [3.63, 3.8) is 0 Å². The average Bonchev–Trinajstić information content (AvgIpc) is 3.55. The number of carbonyl (C=O) groups excluding carboxylic acids is 6. The Labute approximate surface area is 399 Å². The summed E-state index contributed by atoms with van der Waals surface area (Å²) in [6, 6.07) is 18.8. The normalized spacial score (nSPS) is 15.2. The molecule has 0 fully saturated rings. The molecular formula is C51H69N5O12. The Kier molecular flexibility index (Phi) is 18.8. The molecule has 3 aromatic carbocycles. The van der Waals surface area contributed by atoms with Crippen molar-refractivity contribution in [2.75, 3.05) is 13.2 Å². The zero-order chi connectivity index (χ0) is 50.6. The number of hydrogen-bond donors (Lipinski definition) is 6. The molecule has 17 nitrogen and oxygen atoms in total. The number of fused-ring (bicyclic) bond motifs is 3. The van der Waals surface area contributed by atoms with Crippen molar-refractivity contribution in [2.24, 2.45) is 0 Å². The molecule has 0 bridgehead atoms. The van der Waals surface area contributed by atoms with Crippen LogP contribution in [0.1, 0.15) is 112 Å². The maximum atomic E-state index is 14.2. The minimum Gasteiger partial charge on any atom is -0.480 e. The molecule has 0 unspecified atom stereocenters. The minimum atomic E-state index is -1.48. The first-order valence-electron chi connectivity index (χ1n) is 22.8. The Morgan fingerprint density at radius 2 is 1.13 bits per heavy atom. The molecule has 5 amide bonds. The number of hydrogen-bond acceptors (Lipinski definition) is 11. The van der Waals surface area contributed by atoms with E-state index in [-0.39, 0.29) is 31.8 Å². The predicted molar refractivity (Wildman–Crippen MR) is 254 cm³/mol. The fourth-order valence-corrected chi connectivity index (χ4v) is 7.82. The predicted octanol–water partition coefficient (Wildman–Crippen LogP) is 5.32. The van der Waals surface area contributed by atoms with Gasteiger partial charge in [-0.2, -0.15) is 0 Å². The lowest BCUT2D eigenvalue weighted by atomic mass is 9.98. The number of carboxylic acid groups (broad SMARTS) is 1. The van der Waals surface area contributed by atoms with Crippen LogP contribution >= 0.6 is 0 Å². The van der Waals surface area contributed by atoms with Crippen molar-refractivity contribution >= 4 is 41.7 Å². The number of carbonyl (C=O) groups is 7. The van der Waals surface area contributed by atoms with E-state index in [1.165, 1.54) is 6.92 Å². The molecule has 0 radical (unpaired) electrons. The summed E-state index contributed by atoms with van der Waals surface area (Å²) in [5, 5.41) is 22.9. The zero-order valence-corrected chi connectivity index (χ0v) is 41.0. The first kappa shape index (κ1) is 54.3. The highest BCUT2D eigenvalue weighted by atomic mass is 16.6. The van der Waals surface area contributed by atoms with Crippen LogP contribution in [0.25, 0.3) is 11.1 Å². The molecule has 4 rings (SSSR count). The molecule has 6 atom stereocenters. The molecule has 370 valence electrons. The summed E-state index contributed by atoms with van der Waals surface area (Å²) in [5.74, 6) is -5.54. The molecule has 0 heterocycles. The highest BCUT2D eigenvalue weighted by Gasteiger charge is 2.37. The zero-order valence-electron chi connectivity index (χ0n) is 41.0. The van der Waals surface area contributed by atoms with Crippen LogP contribution in [-0.4, -0.2) is 113 Å². The van der Waals surface area contributed by atoms with Gasteiger partial charge in [0.25, 0.3) is 0 Å². The summed E-state index contributed by atoms with van der Waals surface area (Å²) in [5.41, 5.74) is 2.33. The van der Waals surface area contributed by atoms with Crippen LogP contribution in [0.3, 0.4) is 0 Å². The molecule has 0 saturated carbocycles. The number of benzene rings is 3. The number of ether oxygens (including phenoxy) is 4. The third-order valence-electron chi connectivity index (χ3n) is 10.5. The molecule has 0 saturated heterocycles. The quantitative estimate of drug-likeness (QED) is 0.0745. The van der Waals surface area contributed by atoms with Gasteiger partial charge in [-0.15, -0.1) is 0 Å². The molecule has 1 aliphatic rings. The van der Waals surface area contributed by atoms with Gasteiger partial charge < -0.3 is 50.6 Å². The molecular weight excluding hydrogens is 875 g/mol. The van der Waals surface area contributed by atoms with Gasteiger partial charge >= 0.3 is 18.0 Å². The monoisotopic (exact) mass is 943 g/mol. The van der Waals surface area contributed by atoms with Gasteiger partial charge in [-0.25, -0.2) is 9.59 Å². The molecule has 3 aromatic rings. The topological polar surface area (TPSA) is 237 Å². The second-order valence-electron chi connectivity index (χ2n) is 19.9. The van der Waals surface area contributed by atoms with Gasteiger partial charge in [-0.1, -0.05) is 78.9 Å². The van der Waals surface area contributed by atoms with Gasteiger partial charge in [-0.05, 0) is 110 Å². The van der Waals surface area contributed by atoms with Gasteiger partial charge in [0.05, 0.1) is 30.0 Å². The van der Waals surface area contributed by atoms with Crippen molar-refractivity contribution in [3.8, 4) is 11.1 Å². The van der Waals surface area contributed by atoms with E-state index >= 15 is 0 Å². The lowest BCUT2D eigenvalue weighted by Gasteiger charge is -2.32. The average molecular weight is 944 g/mol. The summed E-state index contributed by atoms with van der Waals surface area (Å²) < 4.78 is 23.0. The number of nitrogens with one attached hydrogen (secondary N) is 5. The van der Waals surface area contributed by atoms with E-state index in [0.717, 1.165) is 22.3 Å². The summed E-state index contributed by atoms with van der Waals surface area (Å²) in [6.45, 7) is 17.9. The largest absolute Gasteiger partial charge is 0.480 e. The Hall–Kier alpha value is -6.33. The van der Waals surface area contributed by atoms with E-state index in [4.69, 9.17) is 18.9 Å². The third kappa shape index (κ3) is 17.1. The number of alkyl carbamates (subject to hydrolysis) is 1. The molecule has 68 heavy (non-hydrogen) atoms. The van der Waals surface area contributed by atoms with E-state index in [9.17, 15) is 38.7 Å². The van der Waals surface area contributed by atoms with Crippen molar-refractivity contribution in [2.45, 2.75) is 155 Å². The summed E-state index contributed by atoms with van der Waals surface area (Å²) in [4.78, 5) is 94.0. The first-order valence-corrected chi connectivity index (χ1v) is 22.8. The van der Waals surface area contributed by atoms with Gasteiger partial charge in [0, 0.05) is 18.8 Å². The second-order valence-corrected chi connectivity index (χ2v) is 19.9. The Balaban J connectivity index is 1.50. The summed E-state index contributed by atoms with van der Waals surface area (Å²) in [6.07, 6.45) is -3.40. The van der Waals surface area contributed by atoms with Crippen molar-refractivity contribution in [3.05, 3.63) is 95.6 Å². The number of carboxylic acids is 1. The molecule has 0 aliphatic heterocycles. The number of amides is 5. The third-order valence-corrected chi connectivity index (χ3v) is 10.5. The Morgan fingerprint density at radius 3 is 1.66 bits per heavy atom. The van der Waals surface area contributed by atoms with E-state index in [2.05, 4.69) is 26.6 Å². The maximum absolute atomic E-state index is 14.2. The van der Waals surface area contributed by atoms with Crippen LogP contribution in [-0.2, 0) is 54.1 Å². The fourth-order valence-electron chi connectivity index (χ4n) is 7.82. The molecule has 1 aliphatic carbocycles. The number of rotatable bonds is 21. The summed E-state index contributed by atoms with van der Waals surface area (Å²) >= 11 is 0. The summed E-state index contributed by atoms with van der Waals surface area (Å²) in [7, 11) is 0. The van der Waals surface area contributed by atoms with Crippen LogP contribution in [0.4, 0.5) is 4.79 Å². The lowest BCUT2D eigenvalue weighted by Crippen LogP contribution is -2.61. The van der Waals surface area contributed by atoms with Crippen molar-refractivity contribution in [1.29, 1.82) is 0 Å². The van der Waals surface area contributed by atoms with Crippen LogP contribution < -0.4 is 26.6 Å². The standard InChI is InChI=1S/C51H69N5O12/c1-30(66-49(3,4)5)42(46(61)53-39(27-32-19-13-12-14-20-32)45(60)56-43(47(62)63)31(2)67-50(6,7)8)55-40(57)28-52-44(59)38(25-26-41(58)68-51(9,10)11)54-48(64)65-29-37-35-23-17-15-21-33(35)34-22-16-18-24-36(34)37/h12-24,30-31,37-39,42-43H,25-29H2,1-11H3,(H,52,59)(H,53,61)(H,54,64)(H,55,57)(H,56,60)(H,62,63)/t30-,31-,38+,39+,42+,43+/m1/s1. The molecule has 0 spiro atoms. The highest BCUT2D eigenvalue weighted by molar-refractivity contribution is 5.95. The van der Waals surface area contributed by atoms with Gasteiger partial charge in [0.1, 0.15) is 30.3 Å². The fraction of sp³-hybridized carbons (Fsp3) is 0.510. The van der Waals surface area contributed by atoms with Crippen molar-refractivity contribution in [1.82, 2.24) is 26.6 Å². The lowest BCUT2D eigenvalue weighted by molar-refractivity contribution is -0.155. The van der Waals surface area contributed by atoms with E-state index in [0.29, 0.717) is 5.56 Å². The molecule has 17 heteroatoms. The maximum Gasteiger partial charge on any atom is 0.407 e. The molecule has 0 aromatic heterocycles. The van der Waals surface area contributed by atoms with E-state index in [1.807, 2.05) is 48.5 Å². The van der Waals surface area contributed by atoms with E-state index < -0.39 is 101 Å². The second kappa shape index (κ2) is 23.6. The highest BCUT2D eigenvalue weighted by Crippen LogP contribution is 2.44. The van der Waals surface area contributed by atoms with Gasteiger partial charge in [0.2, 0.25) is 23.6 Å². The van der Waals surface area contributed by atoms with Crippen LogP contribution in [0, 0.1) is 0 Å². The smallest absolute Gasteiger partial charge is 0.407 e. The molecule has 6 N–H and O–H groups in total.